The van der Waals surface area contributed by atoms with Crippen LogP contribution in [-0.4, -0.2) is 18.7 Å². The molecule has 0 amide bonds. The Labute approximate surface area is 103 Å². The molecule has 96 valence electrons. The largest absolute Gasteiger partial charge is 0.489 e. The van der Waals surface area contributed by atoms with E-state index in [9.17, 15) is 4.39 Å². The molecule has 0 spiro atoms. The van der Waals surface area contributed by atoms with Crippen LogP contribution in [0.25, 0.3) is 0 Å². The van der Waals surface area contributed by atoms with Gasteiger partial charge >= 0.3 is 0 Å². The van der Waals surface area contributed by atoms with E-state index >= 15 is 0 Å². The maximum atomic E-state index is 13.3. The second kappa shape index (κ2) is 6.60. The van der Waals surface area contributed by atoms with Gasteiger partial charge in [-0.1, -0.05) is 20.8 Å². The molecule has 1 rings (SSSR count). The van der Waals surface area contributed by atoms with Crippen LogP contribution in [0.15, 0.2) is 18.2 Å². The van der Waals surface area contributed by atoms with E-state index in [-0.39, 0.29) is 11.9 Å². The molecule has 0 aliphatic heterocycles. The minimum atomic E-state index is -0.233. The summed E-state index contributed by atoms with van der Waals surface area (Å²) < 4.78 is 19.0. The van der Waals surface area contributed by atoms with Gasteiger partial charge in [-0.15, -0.1) is 0 Å². The summed E-state index contributed by atoms with van der Waals surface area (Å²) in [6.07, 6.45) is 0.844. The molecule has 0 unspecified atom stereocenters. The van der Waals surface area contributed by atoms with E-state index < -0.39 is 0 Å². The van der Waals surface area contributed by atoms with Gasteiger partial charge in [-0.25, -0.2) is 4.39 Å². The molecule has 3 heteroatoms. The lowest BCUT2D eigenvalue weighted by Gasteiger charge is -2.17. The van der Waals surface area contributed by atoms with Crippen LogP contribution < -0.4 is 10.1 Å². The molecule has 0 aliphatic rings. The van der Waals surface area contributed by atoms with Gasteiger partial charge in [0.1, 0.15) is 17.7 Å². The first-order chi connectivity index (χ1) is 8.01. The number of halogens is 1. The minimum Gasteiger partial charge on any atom is -0.489 e. The van der Waals surface area contributed by atoms with Gasteiger partial charge in [0, 0.05) is 18.7 Å². The Morgan fingerprint density at radius 1 is 1.24 bits per heavy atom. The molecule has 0 aromatic heterocycles. The summed E-state index contributed by atoms with van der Waals surface area (Å²) in [7, 11) is 0. The van der Waals surface area contributed by atoms with Crippen LogP contribution in [-0.2, 0) is 6.42 Å². The lowest BCUT2D eigenvalue weighted by Crippen LogP contribution is -2.33. The lowest BCUT2D eigenvalue weighted by atomic mass is 10.1. The van der Waals surface area contributed by atoms with Crippen molar-refractivity contribution in [3.63, 3.8) is 0 Å². The zero-order chi connectivity index (χ0) is 12.8. The van der Waals surface area contributed by atoms with Gasteiger partial charge in [0.05, 0.1) is 0 Å². The highest BCUT2D eigenvalue weighted by molar-refractivity contribution is 5.29. The summed E-state index contributed by atoms with van der Waals surface area (Å²) >= 11 is 0. The zero-order valence-corrected chi connectivity index (χ0v) is 11.1. The SMILES string of the molecule is CCc1cc(F)cc(O[C@H](C)CNC(C)C)c1. The van der Waals surface area contributed by atoms with E-state index in [1.54, 1.807) is 6.07 Å². The van der Waals surface area contributed by atoms with Crippen LogP contribution in [0.4, 0.5) is 4.39 Å². The van der Waals surface area contributed by atoms with Crippen molar-refractivity contribution in [1.82, 2.24) is 5.32 Å². The molecular formula is C14H22FNO. The fourth-order valence-corrected chi connectivity index (χ4v) is 1.57. The van der Waals surface area contributed by atoms with Crippen LogP contribution >= 0.6 is 0 Å². The molecule has 0 heterocycles. The van der Waals surface area contributed by atoms with E-state index in [4.69, 9.17) is 4.74 Å². The van der Waals surface area contributed by atoms with Crippen molar-refractivity contribution >= 4 is 0 Å². The Hall–Kier alpha value is -1.09. The van der Waals surface area contributed by atoms with Crippen molar-refractivity contribution in [2.75, 3.05) is 6.54 Å². The van der Waals surface area contributed by atoms with Gasteiger partial charge in [-0.2, -0.15) is 0 Å². The van der Waals surface area contributed by atoms with Crippen LogP contribution in [0.5, 0.6) is 5.75 Å². The van der Waals surface area contributed by atoms with Crippen LogP contribution in [0.2, 0.25) is 0 Å². The van der Waals surface area contributed by atoms with Crippen LogP contribution in [0, 0.1) is 5.82 Å². The first kappa shape index (κ1) is 14.0. The normalized spacial score (nSPS) is 12.8. The monoisotopic (exact) mass is 239 g/mol. The van der Waals surface area contributed by atoms with E-state index in [2.05, 4.69) is 19.2 Å². The van der Waals surface area contributed by atoms with Crippen LogP contribution in [0.3, 0.4) is 0 Å². The van der Waals surface area contributed by atoms with Crippen molar-refractivity contribution < 1.29 is 9.13 Å². The molecule has 1 N–H and O–H groups in total. The minimum absolute atomic E-state index is 0.0314. The number of benzene rings is 1. The average molecular weight is 239 g/mol. The Kier molecular flexibility index (Phi) is 5.42. The molecule has 1 atom stereocenters. The van der Waals surface area contributed by atoms with Gasteiger partial charge < -0.3 is 10.1 Å². The van der Waals surface area contributed by atoms with E-state index in [1.807, 2.05) is 19.9 Å². The first-order valence-corrected chi connectivity index (χ1v) is 6.20. The molecule has 2 nitrogen and oxygen atoms in total. The quantitative estimate of drug-likeness (QED) is 0.823. The average Bonchev–Trinajstić information content (AvgIpc) is 2.25. The fraction of sp³-hybridized carbons (Fsp3) is 0.571. The number of hydrogen-bond donors (Lipinski definition) is 1. The standard InChI is InChI=1S/C14H22FNO/c1-5-12-6-13(15)8-14(7-12)17-11(4)9-16-10(2)3/h6-8,10-11,16H,5,9H2,1-4H3/t11-/m1/s1. The number of hydrogen-bond acceptors (Lipinski definition) is 2. The van der Waals surface area contributed by atoms with Gasteiger partial charge in [0.15, 0.2) is 0 Å². The predicted molar refractivity (Wildman–Crippen MR) is 69.0 cm³/mol. The predicted octanol–water partition coefficient (Wildman–Crippen LogP) is 3.15. The zero-order valence-electron chi connectivity index (χ0n) is 11.1. The highest BCUT2D eigenvalue weighted by atomic mass is 19.1. The van der Waals surface area contributed by atoms with Crippen molar-refractivity contribution in [1.29, 1.82) is 0 Å². The number of aryl methyl sites for hydroxylation is 1. The van der Waals surface area contributed by atoms with Gasteiger partial charge in [-0.05, 0) is 31.0 Å². The lowest BCUT2D eigenvalue weighted by molar-refractivity contribution is 0.212. The number of nitrogens with one attached hydrogen (secondary N) is 1. The molecule has 1 aromatic rings. The third-order valence-electron chi connectivity index (χ3n) is 2.49. The molecule has 17 heavy (non-hydrogen) atoms. The van der Waals surface area contributed by atoms with Crippen molar-refractivity contribution in [2.24, 2.45) is 0 Å². The molecule has 0 saturated carbocycles. The molecule has 0 aliphatic carbocycles. The van der Waals surface area contributed by atoms with E-state index in [0.29, 0.717) is 11.8 Å². The summed E-state index contributed by atoms with van der Waals surface area (Å²) in [6, 6.07) is 5.31. The smallest absolute Gasteiger partial charge is 0.127 e. The third kappa shape index (κ3) is 5.18. The third-order valence-corrected chi connectivity index (χ3v) is 2.49. The van der Waals surface area contributed by atoms with E-state index in [0.717, 1.165) is 18.5 Å². The highest BCUT2D eigenvalue weighted by Crippen LogP contribution is 2.18. The van der Waals surface area contributed by atoms with Gasteiger partial charge in [-0.3, -0.25) is 0 Å². The number of ether oxygens (including phenoxy) is 1. The highest BCUT2D eigenvalue weighted by Gasteiger charge is 2.06. The molecular weight excluding hydrogens is 217 g/mol. The number of rotatable bonds is 6. The Morgan fingerprint density at radius 3 is 2.53 bits per heavy atom. The Balaban J connectivity index is 2.58. The maximum absolute atomic E-state index is 13.3. The Morgan fingerprint density at radius 2 is 1.94 bits per heavy atom. The molecule has 0 fully saturated rings. The summed E-state index contributed by atoms with van der Waals surface area (Å²) in [5.74, 6) is 0.378. The fourth-order valence-electron chi connectivity index (χ4n) is 1.57. The molecule has 0 radical (unpaired) electrons. The maximum Gasteiger partial charge on any atom is 0.127 e. The summed E-state index contributed by atoms with van der Waals surface area (Å²) in [5, 5.41) is 3.29. The second-order valence-corrected chi connectivity index (χ2v) is 4.64. The first-order valence-electron chi connectivity index (χ1n) is 6.20. The van der Waals surface area contributed by atoms with Gasteiger partial charge in [0.25, 0.3) is 0 Å². The summed E-state index contributed by atoms with van der Waals surface area (Å²) in [4.78, 5) is 0. The molecule has 1 aromatic carbocycles. The second-order valence-electron chi connectivity index (χ2n) is 4.64. The van der Waals surface area contributed by atoms with Crippen molar-refractivity contribution in [3.05, 3.63) is 29.6 Å². The summed E-state index contributed by atoms with van der Waals surface area (Å²) in [6.45, 7) is 8.91. The van der Waals surface area contributed by atoms with Crippen LogP contribution in [0.1, 0.15) is 33.3 Å². The molecule has 0 saturated heterocycles. The van der Waals surface area contributed by atoms with Gasteiger partial charge in [0.2, 0.25) is 0 Å². The van der Waals surface area contributed by atoms with E-state index in [1.165, 1.54) is 6.07 Å². The summed E-state index contributed by atoms with van der Waals surface area (Å²) in [5.41, 5.74) is 0.962. The molecule has 0 bridgehead atoms. The van der Waals surface area contributed by atoms with Crippen molar-refractivity contribution in [3.8, 4) is 5.75 Å². The van der Waals surface area contributed by atoms with Crippen molar-refractivity contribution in [2.45, 2.75) is 46.3 Å². The Bertz CT molecular complexity index is 352. The topological polar surface area (TPSA) is 21.3 Å².